The third-order valence-corrected chi connectivity index (χ3v) is 7.43. The molecule has 0 bridgehead atoms. The molecule has 2 N–H and O–H groups in total. The Morgan fingerprint density at radius 3 is 1.82 bits per heavy atom. The zero-order valence-electron chi connectivity index (χ0n) is 25.2. The molecule has 8 nitrogen and oxygen atoms in total. The number of ether oxygens (including phenoxy) is 4. The number of amides is 2. The fourth-order valence-corrected chi connectivity index (χ4v) is 6.03. The van der Waals surface area contributed by atoms with E-state index in [2.05, 4.69) is 31.4 Å². The summed E-state index contributed by atoms with van der Waals surface area (Å²) in [6, 6.07) is 32.6. The van der Waals surface area contributed by atoms with Gasteiger partial charge < -0.3 is 29.6 Å². The van der Waals surface area contributed by atoms with E-state index in [4.69, 9.17) is 18.9 Å². The average molecular weight is 595 g/mol. The summed E-state index contributed by atoms with van der Waals surface area (Å²) in [5.74, 6) is 3.44. The lowest BCUT2D eigenvalue weighted by Crippen LogP contribution is -2.51. The van der Waals surface area contributed by atoms with E-state index in [1.165, 1.54) is 0 Å². The average Bonchev–Trinajstić information content (AvgIpc) is 2.97. The van der Waals surface area contributed by atoms with E-state index in [9.17, 15) is 9.59 Å². The lowest BCUT2D eigenvalue weighted by atomic mass is 9.62. The van der Waals surface area contributed by atoms with Crippen molar-refractivity contribution in [3.05, 3.63) is 109 Å². The summed E-state index contributed by atoms with van der Waals surface area (Å²) in [5, 5.41) is 5.96. The number of para-hydroxylation sites is 2. The summed E-state index contributed by atoms with van der Waals surface area (Å²) < 4.78 is 22.8. The summed E-state index contributed by atoms with van der Waals surface area (Å²) in [4.78, 5) is 25.6. The summed E-state index contributed by atoms with van der Waals surface area (Å²) in [7, 11) is 0. The van der Waals surface area contributed by atoms with Gasteiger partial charge in [0, 0.05) is 18.7 Å². The summed E-state index contributed by atoms with van der Waals surface area (Å²) >= 11 is 0. The first-order valence-corrected chi connectivity index (χ1v) is 14.7. The van der Waals surface area contributed by atoms with Crippen LogP contribution in [-0.4, -0.2) is 24.8 Å². The molecule has 1 fully saturated rings. The first-order valence-electron chi connectivity index (χ1n) is 14.7. The maximum absolute atomic E-state index is 12.8. The van der Waals surface area contributed by atoms with Crippen molar-refractivity contribution in [3.63, 3.8) is 0 Å². The smallest absolute Gasteiger partial charge is 0.412 e. The Bertz CT molecular complexity index is 1540. The van der Waals surface area contributed by atoms with Crippen molar-refractivity contribution >= 4 is 12.2 Å². The van der Waals surface area contributed by atoms with E-state index in [1.807, 2.05) is 60.7 Å². The van der Waals surface area contributed by atoms with Crippen molar-refractivity contribution in [1.29, 1.82) is 0 Å². The molecule has 0 spiro atoms. The molecule has 2 amide bonds. The molecule has 8 heteroatoms. The molecule has 228 valence electrons. The minimum Gasteiger partial charge on any atom is -0.457 e. The Morgan fingerprint density at radius 1 is 0.636 bits per heavy atom. The minimum atomic E-state index is -0.546. The summed E-state index contributed by atoms with van der Waals surface area (Å²) in [5.41, 5.74) is -0.330. The molecule has 1 saturated carbocycles. The second-order valence-electron chi connectivity index (χ2n) is 12.3. The predicted molar refractivity (Wildman–Crippen MR) is 169 cm³/mol. The van der Waals surface area contributed by atoms with E-state index in [-0.39, 0.29) is 16.9 Å². The number of rotatable bonds is 9. The van der Waals surface area contributed by atoms with Gasteiger partial charge in [-0.25, -0.2) is 9.59 Å². The minimum absolute atomic E-state index is 0.0595. The van der Waals surface area contributed by atoms with E-state index in [1.54, 1.807) is 48.5 Å². The molecule has 2 unspecified atom stereocenters. The van der Waals surface area contributed by atoms with Crippen molar-refractivity contribution in [1.82, 2.24) is 10.6 Å². The maximum atomic E-state index is 12.8. The topological polar surface area (TPSA) is 95.1 Å². The van der Waals surface area contributed by atoms with Gasteiger partial charge >= 0.3 is 12.2 Å². The van der Waals surface area contributed by atoms with Crippen molar-refractivity contribution in [2.24, 2.45) is 10.8 Å². The number of carbonyl (C=O) groups is 2. The highest BCUT2D eigenvalue weighted by molar-refractivity contribution is 5.71. The highest BCUT2D eigenvalue weighted by Crippen LogP contribution is 2.46. The van der Waals surface area contributed by atoms with Crippen molar-refractivity contribution in [2.75, 3.05) is 6.54 Å². The maximum Gasteiger partial charge on any atom is 0.412 e. The van der Waals surface area contributed by atoms with Gasteiger partial charge in [-0.15, -0.1) is 0 Å². The number of benzene rings is 4. The Kier molecular flexibility index (Phi) is 9.38. The van der Waals surface area contributed by atoms with E-state index in [0.29, 0.717) is 41.7 Å². The van der Waals surface area contributed by atoms with E-state index >= 15 is 0 Å². The molecular formula is C36H38N2O6. The Hall–Kier alpha value is -4.98. The molecule has 0 heterocycles. The van der Waals surface area contributed by atoms with Crippen LogP contribution in [-0.2, 0) is 0 Å². The van der Waals surface area contributed by atoms with Gasteiger partial charge in [-0.1, -0.05) is 63.2 Å². The molecule has 2 atom stereocenters. The van der Waals surface area contributed by atoms with Gasteiger partial charge in [0.2, 0.25) is 0 Å². The molecule has 4 aromatic carbocycles. The second-order valence-corrected chi connectivity index (χ2v) is 12.3. The Morgan fingerprint density at radius 2 is 1.16 bits per heavy atom. The van der Waals surface area contributed by atoms with Crippen LogP contribution < -0.4 is 29.6 Å². The van der Waals surface area contributed by atoms with Crippen LogP contribution in [0.25, 0.3) is 0 Å². The van der Waals surface area contributed by atoms with Crippen LogP contribution in [0.4, 0.5) is 9.59 Å². The number of nitrogens with one attached hydrogen (secondary N) is 2. The van der Waals surface area contributed by atoms with Crippen LogP contribution in [0.1, 0.15) is 40.0 Å². The van der Waals surface area contributed by atoms with Crippen LogP contribution in [0, 0.1) is 10.8 Å². The van der Waals surface area contributed by atoms with Gasteiger partial charge in [0.1, 0.15) is 34.5 Å². The third kappa shape index (κ3) is 9.01. The van der Waals surface area contributed by atoms with Crippen molar-refractivity contribution in [2.45, 2.75) is 46.1 Å². The van der Waals surface area contributed by atoms with Crippen LogP contribution >= 0.6 is 0 Å². The first-order chi connectivity index (χ1) is 21.1. The summed E-state index contributed by atoms with van der Waals surface area (Å²) in [6.07, 6.45) is 1.28. The van der Waals surface area contributed by atoms with Gasteiger partial charge in [0.05, 0.1) is 0 Å². The lowest BCUT2D eigenvalue weighted by Gasteiger charge is -2.46. The molecule has 4 aromatic rings. The zero-order chi connectivity index (χ0) is 31.0. The SMILES string of the molecule is CC1(C)CC(NC(=O)Oc2ccc(Oc3ccccc3)cc2)CC(C)(CNC(=O)Oc2cccc(Oc3ccccc3)c2)C1. The second kappa shape index (κ2) is 13.5. The molecular weight excluding hydrogens is 556 g/mol. The van der Waals surface area contributed by atoms with Crippen LogP contribution in [0.5, 0.6) is 34.5 Å². The van der Waals surface area contributed by atoms with Crippen LogP contribution in [0.3, 0.4) is 0 Å². The van der Waals surface area contributed by atoms with Gasteiger partial charge in [0.25, 0.3) is 0 Å². The van der Waals surface area contributed by atoms with Crippen LogP contribution in [0.15, 0.2) is 109 Å². The zero-order valence-corrected chi connectivity index (χ0v) is 25.2. The number of hydrogen-bond donors (Lipinski definition) is 2. The Balaban J connectivity index is 1.12. The van der Waals surface area contributed by atoms with E-state index in [0.717, 1.165) is 18.6 Å². The van der Waals surface area contributed by atoms with E-state index < -0.39 is 12.2 Å². The molecule has 1 aliphatic carbocycles. The predicted octanol–water partition coefficient (Wildman–Crippen LogP) is 8.73. The highest BCUT2D eigenvalue weighted by Gasteiger charge is 2.42. The number of carbonyl (C=O) groups excluding carboxylic acids is 2. The fraction of sp³-hybridized carbons (Fsp3) is 0.278. The monoisotopic (exact) mass is 594 g/mol. The largest absolute Gasteiger partial charge is 0.457 e. The normalized spacial score (nSPS) is 18.8. The number of hydrogen-bond acceptors (Lipinski definition) is 6. The quantitative estimate of drug-likeness (QED) is 0.201. The summed E-state index contributed by atoms with van der Waals surface area (Å²) in [6.45, 7) is 6.86. The lowest BCUT2D eigenvalue weighted by molar-refractivity contribution is 0.0701. The molecule has 44 heavy (non-hydrogen) atoms. The van der Waals surface area contributed by atoms with Crippen molar-refractivity contribution < 1.29 is 28.5 Å². The molecule has 1 aliphatic rings. The van der Waals surface area contributed by atoms with Crippen LogP contribution in [0.2, 0.25) is 0 Å². The van der Waals surface area contributed by atoms with Gasteiger partial charge in [-0.3, -0.25) is 0 Å². The molecule has 0 aromatic heterocycles. The Labute approximate surface area is 258 Å². The van der Waals surface area contributed by atoms with Crippen molar-refractivity contribution in [3.8, 4) is 34.5 Å². The fourth-order valence-electron chi connectivity index (χ4n) is 6.03. The van der Waals surface area contributed by atoms with Gasteiger partial charge in [0.15, 0.2) is 0 Å². The van der Waals surface area contributed by atoms with Gasteiger partial charge in [-0.2, -0.15) is 0 Å². The molecule has 0 aliphatic heterocycles. The first kappa shape index (κ1) is 30.5. The molecule has 5 rings (SSSR count). The van der Waals surface area contributed by atoms with Gasteiger partial charge in [-0.05, 0) is 90.8 Å². The standard InChI is InChI=1S/C36H38N2O6/c1-35(2)22-26(38-34(40)43-30-19-17-29(18-20-30)41-27-11-6-4-7-12-27)23-36(3,24-35)25-37-33(39)44-32-16-10-15-31(21-32)42-28-13-8-5-9-14-28/h4-21,26H,22-25H2,1-3H3,(H,37,39)(H,38,40). The third-order valence-electron chi connectivity index (χ3n) is 7.43. The highest BCUT2D eigenvalue weighted by atomic mass is 16.6. The molecule has 0 saturated heterocycles. The molecule has 0 radical (unpaired) electrons.